The molecule has 0 radical (unpaired) electrons. The topological polar surface area (TPSA) is 26.3 Å². The Morgan fingerprint density at radius 2 is 1.97 bits per heavy atom. The normalized spacial score (nSPS) is 21.2. The van der Waals surface area contributed by atoms with Gasteiger partial charge in [0.1, 0.15) is 23.3 Å². The third kappa shape index (κ3) is 4.33. The van der Waals surface area contributed by atoms with Crippen LogP contribution in [0.4, 0.5) is 22.0 Å². The molecule has 0 bridgehead atoms. The summed E-state index contributed by atoms with van der Waals surface area (Å²) in [5, 5.41) is 0.429. The lowest BCUT2D eigenvalue weighted by Gasteiger charge is -2.10. The molecule has 156 valence electrons. The highest BCUT2D eigenvalue weighted by atomic mass is 35.5. The Kier molecular flexibility index (Phi) is 5.80. The second-order valence-corrected chi connectivity index (χ2v) is 8.66. The van der Waals surface area contributed by atoms with Crippen molar-refractivity contribution >= 4 is 28.9 Å². The van der Waals surface area contributed by atoms with Gasteiger partial charge in [0, 0.05) is 10.4 Å². The first kappa shape index (κ1) is 21.8. The van der Waals surface area contributed by atoms with E-state index in [4.69, 9.17) is 16.3 Å². The molecule has 1 aliphatic rings. The Bertz CT molecular complexity index is 951. The molecule has 3 rings (SSSR count). The van der Waals surface area contributed by atoms with Gasteiger partial charge in [-0.15, -0.1) is 11.3 Å². The number of hydrogen-bond acceptors (Lipinski definition) is 3. The Morgan fingerprint density at radius 3 is 2.55 bits per heavy atom. The number of halogens is 6. The molecule has 2 aromatic rings. The molecular weight excluding hydrogens is 435 g/mol. The van der Waals surface area contributed by atoms with Gasteiger partial charge in [-0.1, -0.05) is 37.6 Å². The number of esters is 1. The molecule has 1 aromatic heterocycles. The summed E-state index contributed by atoms with van der Waals surface area (Å²) < 4.78 is 71.8. The summed E-state index contributed by atoms with van der Waals surface area (Å²) in [5.74, 6) is -4.21. The smallest absolute Gasteiger partial charge is 0.426 e. The van der Waals surface area contributed by atoms with Crippen molar-refractivity contribution in [3.8, 4) is 10.4 Å². The van der Waals surface area contributed by atoms with Gasteiger partial charge < -0.3 is 4.74 Å². The third-order valence-electron chi connectivity index (χ3n) is 5.09. The number of carbonyl (C=O) groups is 1. The first-order chi connectivity index (χ1) is 13.4. The van der Waals surface area contributed by atoms with Crippen LogP contribution >= 0.6 is 22.9 Å². The largest absolute Gasteiger partial charge is 0.460 e. The molecule has 0 amide bonds. The number of hydrogen-bond donors (Lipinski definition) is 0. The minimum absolute atomic E-state index is 0.178. The Labute approximate surface area is 172 Å². The average Bonchev–Trinajstić information content (AvgIpc) is 2.98. The first-order valence-corrected chi connectivity index (χ1v) is 9.82. The van der Waals surface area contributed by atoms with Crippen LogP contribution in [0.2, 0.25) is 0 Å². The van der Waals surface area contributed by atoms with Crippen molar-refractivity contribution in [2.24, 2.45) is 17.3 Å². The number of alkyl halides is 3. The summed E-state index contributed by atoms with van der Waals surface area (Å²) in [4.78, 5) is 12.9. The lowest BCUT2D eigenvalue weighted by atomic mass is 10.1. The molecule has 9 heteroatoms. The number of thiophene rings is 1. The second kappa shape index (κ2) is 7.72. The van der Waals surface area contributed by atoms with Gasteiger partial charge in [-0.05, 0) is 34.9 Å². The highest BCUT2D eigenvalue weighted by Crippen LogP contribution is 2.60. The average molecular weight is 451 g/mol. The van der Waals surface area contributed by atoms with Crippen LogP contribution in [0.5, 0.6) is 0 Å². The van der Waals surface area contributed by atoms with Gasteiger partial charge in [-0.25, -0.2) is 8.78 Å². The molecule has 1 aliphatic carbocycles. The standard InChI is InChI=1S/C20H16ClF5O2S/c1-19(2)12(8-15(21)20(24,25)26)16(19)18(27)28-9-11-13(22)6-5-10(17(11)23)14-4-3-7-29-14/h3-8,12,16H,9H2,1-2H3/b15-8-/t12-,16-/m0/s1. The molecule has 2 nitrogen and oxygen atoms in total. The van der Waals surface area contributed by atoms with Crippen molar-refractivity contribution in [2.75, 3.05) is 0 Å². The zero-order valence-corrected chi connectivity index (χ0v) is 16.9. The van der Waals surface area contributed by atoms with Crippen molar-refractivity contribution in [3.63, 3.8) is 0 Å². The van der Waals surface area contributed by atoms with Crippen LogP contribution in [0.15, 0.2) is 40.8 Å². The van der Waals surface area contributed by atoms with Crippen LogP contribution in [0.25, 0.3) is 10.4 Å². The molecule has 0 aliphatic heterocycles. The molecule has 0 spiro atoms. The summed E-state index contributed by atoms with van der Waals surface area (Å²) in [5.41, 5.74) is -1.04. The predicted molar refractivity (Wildman–Crippen MR) is 100 cm³/mol. The maximum atomic E-state index is 14.7. The van der Waals surface area contributed by atoms with Crippen molar-refractivity contribution in [1.82, 2.24) is 0 Å². The fourth-order valence-electron chi connectivity index (χ4n) is 3.28. The minimum atomic E-state index is -4.71. The SMILES string of the molecule is CC1(C)[C@H](C(=O)OCc2c(F)ccc(-c3cccs3)c2F)[C@@H]1/C=C(\Cl)C(F)(F)F. The summed E-state index contributed by atoms with van der Waals surface area (Å²) in [6, 6.07) is 5.77. The maximum absolute atomic E-state index is 14.7. The Hall–Kier alpha value is -1.93. The van der Waals surface area contributed by atoms with Crippen LogP contribution in [0.3, 0.4) is 0 Å². The van der Waals surface area contributed by atoms with E-state index in [1.807, 2.05) is 0 Å². The van der Waals surface area contributed by atoms with E-state index in [0.717, 1.165) is 12.1 Å². The molecule has 0 unspecified atom stereocenters. The molecule has 1 heterocycles. The highest BCUT2D eigenvalue weighted by molar-refractivity contribution is 7.13. The van der Waals surface area contributed by atoms with Gasteiger partial charge >= 0.3 is 12.1 Å². The quantitative estimate of drug-likeness (QED) is 0.374. The van der Waals surface area contributed by atoms with Crippen molar-refractivity contribution in [2.45, 2.75) is 26.6 Å². The van der Waals surface area contributed by atoms with E-state index in [2.05, 4.69) is 0 Å². The zero-order chi connectivity index (χ0) is 21.6. The van der Waals surface area contributed by atoms with E-state index >= 15 is 0 Å². The monoisotopic (exact) mass is 450 g/mol. The summed E-state index contributed by atoms with van der Waals surface area (Å²) in [6.07, 6.45) is -3.92. The van der Waals surface area contributed by atoms with Crippen LogP contribution in [-0.2, 0) is 16.1 Å². The summed E-state index contributed by atoms with van der Waals surface area (Å²) in [6.45, 7) is 2.53. The van der Waals surface area contributed by atoms with Gasteiger partial charge in [-0.2, -0.15) is 13.2 Å². The van der Waals surface area contributed by atoms with Crippen LogP contribution in [0.1, 0.15) is 19.4 Å². The number of allylic oxidation sites excluding steroid dienone is 2. The van der Waals surface area contributed by atoms with Crippen molar-refractivity contribution in [1.29, 1.82) is 0 Å². The van der Waals surface area contributed by atoms with Gasteiger partial charge in [0.05, 0.1) is 11.5 Å². The van der Waals surface area contributed by atoms with E-state index in [0.29, 0.717) is 4.88 Å². The Morgan fingerprint density at radius 1 is 1.28 bits per heavy atom. The van der Waals surface area contributed by atoms with E-state index in [-0.39, 0.29) is 5.56 Å². The first-order valence-electron chi connectivity index (χ1n) is 8.56. The van der Waals surface area contributed by atoms with Gasteiger partial charge in [-0.3, -0.25) is 4.79 Å². The number of ether oxygens (including phenoxy) is 1. The van der Waals surface area contributed by atoms with Gasteiger partial charge in [0.2, 0.25) is 0 Å². The second-order valence-electron chi connectivity index (χ2n) is 7.31. The lowest BCUT2D eigenvalue weighted by molar-refractivity contribution is -0.147. The molecule has 29 heavy (non-hydrogen) atoms. The van der Waals surface area contributed by atoms with Crippen molar-refractivity contribution < 1.29 is 31.5 Å². The number of benzene rings is 1. The molecule has 1 aromatic carbocycles. The van der Waals surface area contributed by atoms with Crippen LogP contribution < -0.4 is 0 Å². The van der Waals surface area contributed by atoms with Gasteiger partial charge in [0.15, 0.2) is 0 Å². The molecule has 2 atom stereocenters. The molecule has 1 saturated carbocycles. The lowest BCUT2D eigenvalue weighted by Crippen LogP contribution is -2.12. The number of carbonyl (C=O) groups excluding carboxylic acids is 1. The molecule has 0 saturated heterocycles. The molecular formula is C20H16ClF5O2S. The van der Waals surface area contributed by atoms with E-state index < -0.39 is 58.2 Å². The van der Waals surface area contributed by atoms with E-state index in [1.165, 1.54) is 17.4 Å². The fraction of sp³-hybridized carbons (Fsp3) is 0.350. The Balaban J connectivity index is 1.74. The third-order valence-corrected chi connectivity index (χ3v) is 6.34. The maximum Gasteiger partial charge on any atom is 0.426 e. The minimum Gasteiger partial charge on any atom is -0.460 e. The van der Waals surface area contributed by atoms with E-state index in [9.17, 15) is 26.7 Å². The van der Waals surface area contributed by atoms with Gasteiger partial charge in [0.25, 0.3) is 0 Å². The fourth-order valence-corrected chi connectivity index (χ4v) is 4.16. The molecule has 0 N–H and O–H groups in total. The van der Waals surface area contributed by atoms with E-state index in [1.54, 1.807) is 31.4 Å². The zero-order valence-electron chi connectivity index (χ0n) is 15.3. The van der Waals surface area contributed by atoms with Crippen LogP contribution in [-0.4, -0.2) is 12.1 Å². The number of rotatable bonds is 5. The van der Waals surface area contributed by atoms with Crippen molar-refractivity contribution in [3.05, 3.63) is 58.0 Å². The summed E-state index contributed by atoms with van der Waals surface area (Å²) in [7, 11) is 0. The highest BCUT2D eigenvalue weighted by Gasteiger charge is 2.62. The molecule has 1 fully saturated rings. The predicted octanol–water partition coefficient (Wildman–Crippen LogP) is 6.69. The van der Waals surface area contributed by atoms with Crippen LogP contribution in [0, 0.1) is 28.9 Å². The summed E-state index contributed by atoms with van der Waals surface area (Å²) >= 11 is 6.53.